The van der Waals surface area contributed by atoms with E-state index in [-0.39, 0.29) is 39.2 Å². The van der Waals surface area contributed by atoms with Gasteiger partial charge in [0.1, 0.15) is 0 Å². The number of hydrogen-bond donors (Lipinski definition) is 1. The molecule has 0 bridgehead atoms. The van der Waals surface area contributed by atoms with E-state index in [1.165, 1.54) is 0 Å². The molecule has 0 saturated carbocycles. The second-order valence-electron chi connectivity index (χ2n) is 0.408. The van der Waals surface area contributed by atoms with Crippen LogP contribution in [0.5, 0.6) is 0 Å². The number of nitrogens with two attached hydrogens (primary N) is 1. The van der Waals surface area contributed by atoms with Gasteiger partial charge in [-0.05, 0) is 0 Å². The zero-order valence-electron chi connectivity index (χ0n) is 2.28. The third kappa shape index (κ3) is 10.9. The maximum atomic E-state index is 4.99. The summed E-state index contributed by atoms with van der Waals surface area (Å²) in [7, 11) is -0.0833. The van der Waals surface area contributed by atoms with Crippen molar-refractivity contribution in [2.75, 3.05) is 0 Å². The van der Waals surface area contributed by atoms with E-state index in [0.717, 1.165) is 0 Å². The summed E-state index contributed by atoms with van der Waals surface area (Å²) in [6.45, 7) is 2.04. The molecule has 0 aliphatic heterocycles. The van der Waals surface area contributed by atoms with Gasteiger partial charge in [-0.1, -0.05) is 6.55 Å². The molecule has 0 heterocycles. The van der Waals surface area contributed by atoms with Crippen molar-refractivity contribution in [2.24, 2.45) is 5.40 Å². The molecule has 1 nitrogen and oxygen atoms in total. The van der Waals surface area contributed by atoms with E-state index in [0.29, 0.717) is 0 Å². The molecule has 2 N–H and O–H groups in total. The molecule has 0 aliphatic carbocycles. The summed E-state index contributed by atoms with van der Waals surface area (Å²) in [5.74, 6) is 0. The first-order valence-electron chi connectivity index (χ1n) is 1.12. The van der Waals surface area contributed by atoms with Crippen molar-refractivity contribution in [1.29, 1.82) is 0 Å². The van der Waals surface area contributed by atoms with Gasteiger partial charge in [0.2, 0.25) is 0 Å². The van der Waals surface area contributed by atoms with Crippen molar-refractivity contribution < 1.29 is 0 Å². The van der Waals surface area contributed by atoms with Crippen molar-refractivity contribution in [3.05, 3.63) is 0 Å². The fourth-order valence-corrected chi connectivity index (χ4v) is 0. The van der Waals surface area contributed by atoms with E-state index in [9.17, 15) is 0 Å². The second-order valence-corrected chi connectivity index (χ2v) is 1.22. The summed E-state index contributed by atoms with van der Waals surface area (Å²) in [6.07, 6.45) is 0. The summed E-state index contributed by atoms with van der Waals surface area (Å²) in [5.41, 5.74) is 0. The average Bonchev–Trinajstić information content (AvgIpc) is 0.918. The third-order valence-electron chi connectivity index (χ3n) is 0. The van der Waals surface area contributed by atoms with Crippen LogP contribution in [0.15, 0.2) is 0 Å². The Balaban J connectivity index is 0. The predicted molar refractivity (Wildman–Crippen MR) is 25.7 cm³/mol. The topological polar surface area (TPSA) is 26.0 Å². The van der Waals surface area contributed by atoms with E-state index >= 15 is 0 Å². The zero-order valence-corrected chi connectivity index (χ0v) is 3.70. The zero-order chi connectivity index (χ0) is 2.71. The van der Waals surface area contributed by atoms with Gasteiger partial charge in [-0.3, -0.25) is 0 Å². The predicted octanol–water partition coefficient (Wildman–Crippen LogP) is -1.57. The molecular weight excluding hydrogens is 77.1 g/mol. The fourth-order valence-electron chi connectivity index (χ4n) is 0. The van der Waals surface area contributed by atoms with E-state index in [1.54, 1.807) is 0 Å². The van der Waals surface area contributed by atoms with Crippen LogP contribution in [0.25, 0.3) is 0 Å². The van der Waals surface area contributed by atoms with E-state index in [1.807, 2.05) is 6.55 Å². The Morgan fingerprint density at radius 3 is 1.75 bits per heavy atom. The quantitative estimate of drug-likeness (QED) is 0.353. The molecule has 0 spiro atoms. The minimum absolute atomic E-state index is 0. The van der Waals surface area contributed by atoms with Crippen molar-refractivity contribution in [3.8, 4) is 0 Å². The van der Waals surface area contributed by atoms with Crippen LogP contribution in [0.2, 0.25) is 6.55 Å². The molecule has 0 aromatic rings. The van der Waals surface area contributed by atoms with Gasteiger partial charge in [0.15, 0.2) is 0 Å². The Labute approximate surface area is 51.1 Å². The molecule has 0 aromatic heterocycles. The van der Waals surface area contributed by atoms with Gasteiger partial charge < -0.3 is 5.40 Å². The van der Waals surface area contributed by atoms with Crippen LogP contribution in [0.4, 0.5) is 0 Å². The standard InChI is InChI=1S/CH7NSi.Na.H/c1-3-2;;/h2-3H2,1H3;;. The molecular formula is CH8NNaSi. The van der Waals surface area contributed by atoms with E-state index in [4.69, 9.17) is 5.40 Å². The van der Waals surface area contributed by atoms with Crippen molar-refractivity contribution >= 4 is 39.2 Å². The molecule has 4 heavy (non-hydrogen) atoms. The molecule has 0 radical (unpaired) electrons. The Morgan fingerprint density at radius 1 is 1.75 bits per heavy atom. The molecule has 0 amide bonds. The van der Waals surface area contributed by atoms with Gasteiger partial charge in [0.25, 0.3) is 0 Å². The monoisotopic (exact) mass is 85.0 g/mol. The number of hydrogen-bond acceptors (Lipinski definition) is 1. The van der Waals surface area contributed by atoms with Gasteiger partial charge in [0.05, 0.1) is 9.68 Å². The van der Waals surface area contributed by atoms with Gasteiger partial charge in [-0.2, -0.15) is 0 Å². The maximum absolute atomic E-state index is 4.99. The van der Waals surface area contributed by atoms with Crippen LogP contribution in [0.3, 0.4) is 0 Å². The summed E-state index contributed by atoms with van der Waals surface area (Å²) >= 11 is 0. The van der Waals surface area contributed by atoms with Crippen LogP contribution in [0, 0.1) is 0 Å². The summed E-state index contributed by atoms with van der Waals surface area (Å²) in [5, 5.41) is 4.99. The third-order valence-corrected chi connectivity index (χ3v) is 0. The van der Waals surface area contributed by atoms with Crippen LogP contribution in [0.1, 0.15) is 0 Å². The summed E-state index contributed by atoms with van der Waals surface area (Å²) < 4.78 is 0. The van der Waals surface area contributed by atoms with Crippen LogP contribution in [-0.4, -0.2) is 39.2 Å². The Bertz CT molecular complexity index is 8.00. The molecule has 0 saturated heterocycles. The molecule has 0 unspecified atom stereocenters. The molecule has 0 atom stereocenters. The van der Waals surface area contributed by atoms with Gasteiger partial charge >= 0.3 is 29.6 Å². The van der Waals surface area contributed by atoms with Gasteiger partial charge in [0, 0.05) is 0 Å². The van der Waals surface area contributed by atoms with Crippen molar-refractivity contribution in [2.45, 2.75) is 6.55 Å². The number of rotatable bonds is 0. The first-order chi connectivity index (χ1) is 1.41. The molecule has 0 aromatic carbocycles. The SMILES string of the molecule is C[SiH2]N.[NaH]. The Morgan fingerprint density at radius 2 is 1.75 bits per heavy atom. The average molecular weight is 85.2 g/mol. The normalized spacial score (nSPS) is 7.50. The van der Waals surface area contributed by atoms with E-state index < -0.39 is 0 Å². The van der Waals surface area contributed by atoms with Gasteiger partial charge in [-0.25, -0.2) is 0 Å². The first-order valence-corrected chi connectivity index (χ1v) is 3.35. The fraction of sp³-hybridized carbons (Fsp3) is 1.00. The van der Waals surface area contributed by atoms with E-state index in [2.05, 4.69) is 0 Å². The second kappa shape index (κ2) is 8.90. The molecule has 0 rings (SSSR count). The Hall–Kier alpha value is 1.18. The van der Waals surface area contributed by atoms with Crippen molar-refractivity contribution in [3.63, 3.8) is 0 Å². The molecule has 22 valence electrons. The van der Waals surface area contributed by atoms with Crippen LogP contribution >= 0.6 is 0 Å². The van der Waals surface area contributed by atoms with Gasteiger partial charge in [-0.15, -0.1) is 0 Å². The van der Waals surface area contributed by atoms with Crippen LogP contribution in [-0.2, 0) is 0 Å². The minimum atomic E-state index is -0.0833. The summed E-state index contributed by atoms with van der Waals surface area (Å²) in [6, 6.07) is 0. The molecule has 3 heteroatoms. The van der Waals surface area contributed by atoms with Crippen molar-refractivity contribution in [1.82, 2.24) is 0 Å². The first kappa shape index (κ1) is 8.95. The Kier molecular flexibility index (Phi) is 19.9. The molecule has 0 fully saturated rings. The summed E-state index contributed by atoms with van der Waals surface area (Å²) in [4.78, 5) is 0. The van der Waals surface area contributed by atoms with Crippen LogP contribution < -0.4 is 5.40 Å². The molecule has 0 aliphatic rings.